The molecule has 122 valence electrons. The van der Waals surface area contributed by atoms with E-state index in [0.717, 1.165) is 37.9 Å². The van der Waals surface area contributed by atoms with E-state index in [4.69, 9.17) is 5.11 Å². The lowest BCUT2D eigenvalue weighted by molar-refractivity contribution is -0.138. The number of carboxylic acid groups (broad SMARTS) is 1. The summed E-state index contributed by atoms with van der Waals surface area (Å²) in [6, 6.07) is 5.42. The summed E-state index contributed by atoms with van der Waals surface area (Å²) < 4.78 is 14.1. The zero-order valence-corrected chi connectivity index (χ0v) is 14.4. The lowest BCUT2D eigenvalue weighted by atomic mass is 10.1. The normalized spacial score (nSPS) is 20.1. The Morgan fingerprint density at radius 2 is 2.23 bits per heavy atom. The first-order valence-corrected chi connectivity index (χ1v) is 8.34. The Morgan fingerprint density at radius 1 is 1.45 bits per heavy atom. The summed E-state index contributed by atoms with van der Waals surface area (Å²) >= 11 is 3.31. The second-order valence-corrected chi connectivity index (χ2v) is 6.68. The molecule has 4 nitrogen and oxygen atoms in total. The minimum Gasteiger partial charge on any atom is -0.480 e. The predicted molar refractivity (Wildman–Crippen MR) is 87.3 cm³/mol. The quantitative estimate of drug-likeness (QED) is 0.862. The molecule has 1 fully saturated rings. The largest absolute Gasteiger partial charge is 0.480 e. The highest BCUT2D eigenvalue weighted by Crippen LogP contribution is 2.23. The highest BCUT2D eigenvalue weighted by molar-refractivity contribution is 9.10. The molecule has 1 N–H and O–H groups in total. The molecular weight excluding hydrogens is 351 g/mol. The fraction of sp³-hybridized carbons (Fsp3) is 0.562. The molecule has 0 amide bonds. The van der Waals surface area contributed by atoms with Gasteiger partial charge >= 0.3 is 5.97 Å². The van der Waals surface area contributed by atoms with Gasteiger partial charge in [-0.3, -0.25) is 14.6 Å². The Balaban J connectivity index is 1.93. The molecule has 1 atom stereocenters. The van der Waals surface area contributed by atoms with Crippen LogP contribution in [-0.4, -0.2) is 53.6 Å². The van der Waals surface area contributed by atoms with Gasteiger partial charge in [0, 0.05) is 12.6 Å². The lowest BCUT2D eigenvalue weighted by Crippen LogP contribution is -2.36. The van der Waals surface area contributed by atoms with Gasteiger partial charge in [0.15, 0.2) is 0 Å². The molecule has 2 rings (SSSR count). The Bertz CT molecular complexity index is 527. The number of carboxylic acids is 1. The molecule has 1 aromatic carbocycles. The van der Waals surface area contributed by atoms with Crippen LogP contribution in [0.25, 0.3) is 0 Å². The maximum atomic E-state index is 13.6. The van der Waals surface area contributed by atoms with E-state index in [0.29, 0.717) is 17.1 Å². The van der Waals surface area contributed by atoms with Crippen LogP contribution in [0.5, 0.6) is 0 Å². The molecule has 1 aliphatic rings. The summed E-state index contributed by atoms with van der Waals surface area (Å²) in [7, 11) is 1.87. The van der Waals surface area contributed by atoms with E-state index < -0.39 is 5.97 Å². The van der Waals surface area contributed by atoms with Gasteiger partial charge in [0.2, 0.25) is 0 Å². The van der Waals surface area contributed by atoms with Gasteiger partial charge < -0.3 is 5.11 Å². The van der Waals surface area contributed by atoms with E-state index >= 15 is 0 Å². The maximum Gasteiger partial charge on any atom is 0.317 e. The SMILES string of the molecule is CN(CC(=O)O)C1CCCN(Cc2cccc(F)c2Br)CC1. The molecule has 1 unspecified atom stereocenters. The number of hydrogen-bond donors (Lipinski definition) is 1. The van der Waals surface area contributed by atoms with Crippen molar-refractivity contribution in [1.29, 1.82) is 0 Å². The Labute approximate surface area is 139 Å². The van der Waals surface area contributed by atoms with Crippen molar-refractivity contribution < 1.29 is 14.3 Å². The van der Waals surface area contributed by atoms with Crippen molar-refractivity contribution in [2.45, 2.75) is 31.8 Å². The van der Waals surface area contributed by atoms with Crippen LogP contribution >= 0.6 is 15.9 Å². The van der Waals surface area contributed by atoms with Crippen LogP contribution in [0.3, 0.4) is 0 Å². The standard InChI is InChI=1S/C16H22BrFN2O2/c1-19(11-15(21)22)13-5-3-8-20(9-7-13)10-12-4-2-6-14(18)16(12)17/h2,4,6,13H,3,5,7-11H2,1H3,(H,21,22). The van der Waals surface area contributed by atoms with Gasteiger partial charge in [-0.1, -0.05) is 12.1 Å². The molecule has 1 heterocycles. The van der Waals surface area contributed by atoms with Crippen LogP contribution < -0.4 is 0 Å². The molecule has 1 aromatic rings. The fourth-order valence-corrected chi connectivity index (χ4v) is 3.38. The van der Waals surface area contributed by atoms with Crippen molar-refractivity contribution in [2.24, 2.45) is 0 Å². The lowest BCUT2D eigenvalue weighted by Gasteiger charge is -2.25. The van der Waals surface area contributed by atoms with Gasteiger partial charge in [-0.05, 0) is 67.0 Å². The molecule has 22 heavy (non-hydrogen) atoms. The molecule has 0 spiro atoms. The number of hydrogen-bond acceptors (Lipinski definition) is 3. The Morgan fingerprint density at radius 3 is 2.95 bits per heavy atom. The van der Waals surface area contributed by atoms with Gasteiger partial charge in [-0.25, -0.2) is 4.39 Å². The van der Waals surface area contributed by atoms with Crippen LogP contribution in [0.2, 0.25) is 0 Å². The summed E-state index contributed by atoms with van der Waals surface area (Å²) in [5.74, 6) is -1.02. The smallest absolute Gasteiger partial charge is 0.317 e. The average molecular weight is 373 g/mol. The van der Waals surface area contributed by atoms with Crippen LogP contribution in [-0.2, 0) is 11.3 Å². The summed E-state index contributed by atoms with van der Waals surface area (Å²) in [5, 5.41) is 8.90. The number of likely N-dealkylation sites (tertiary alicyclic amines) is 1. The molecule has 1 saturated heterocycles. The number of likely N-dealkylation sites (N-methyl/N-ethyl adjacent to an activating group) is 1. The van der Waals surface area contributed by atoms with Crippen molar-refractivity contribution in [1.82, 2.24) is 9.80 Å². The van der Waals surface area contributed by atoms with Gasteiger partial charge in [0.25, 0.3) is 0 Å². The molecular formula is C16H22BrFN2O2. The van der Waals surface area contributed by atoms with Gasteiger partial charge in [-0.15, -0.1) is 0 Å². The third-order valence-electron chi connectivity index (χ3n) is 4.22. The number of rotatable bonds is 5. The van der Waals surface area contributed by atoms with Crippen molar-refractivity contribution >= 4 is 21.9 Å². The summed E-state index contributed by atoms with van der Waals surface area (Å²) in [4.78, 5) is 15.1. The van der Waals surface area contributed by atoms with Gasteiger partial charge in [0.05, 0.1) is 11.0 Å². The van der Waals surface area contributed by atoms with E-state index in [-0.39, 0.29) is 12.4 Å². The first-order chi connectivity index (χ1) is 10.5. The Hall–Kier alpha value is -0.980. The molecule has 6 heteroatoms. The van der Waals surface area contributed by atoms with Crippen LogP contribution in [0.4, 0.5) is 4.39 Å². The Kier molecular flexibility index (Phi) is 6.35. The van der Waals surface area contributed by atoms with Crippen LogP contribution in [0.15, 0.2) is 22.7 Å². The highest BCUT2D eigenvalue weighted by atomic mass is 79.9. The summed E-state index contributed by atoms with van der Waals surface area (Å²) in [6.45, 7) is 2.66. The van der Waals surface area contributed by atoms with E-state index in [1.54, 1.807) is 6.07 Å². The van der Waals surface area contributed by atoms with E-state index in [1.807, 2.05) is 18.0 Å². The molecule has 0 radical (unpaired) electrons. The zero-order valence-electron chi connectivity index (χ0n) is 12.8. The van der Waals surface area contributed by atoms with Crippen LogP contribution in [0.1, 0.15) is 24.8 Å². The molecule has 0 saturated carbocycles. The fourth-order valence-electron chi connectivity index (χ4n) is 2.99. The van der Waals surface area contributed by atoms with Crippen LogP contribution in [0, 0.1) is 5.82 Å². The number of benzene rings is 1. The predicted octanol–water partition coefficient (Wildman–Crippen LogP) is 2.96. The second-order valence-electron chi connectivity index (χ2n) is 5.88. The monoisotopic (exact) mass is 372 g/mol. The van der Waals surface area contributed by atoms with Crippen molar-refractivity contribution in [2.75, 3.05) is 26.7 Å². The zero-order chi connectivity index (χ0) is 16.1. The topological polar surface area (TPSA) is 43.8 Å². The molecule has 0 bridgehead atoms. The molecule has 0 aliphatic carbocycles. The highest BCUT2D eigenvalue weighted by Gasteiger charge is 2.22. The maximum absolute atomic E-state index is 13.6. The van der Waals surface area contributed by atoms with Gasteiger partial charge in [0.1, 0.15) is 5.82 Å². The van der Waals surface area contributed by atoms with Crippen molar-refractivity contribution in [3.8, 4) is 0 Å². The third kappa shape index (κ3) is 4.76. The molecule has 0 aromatic heterocycles. The van der Waals surface area contributed by atoms with Crippen molar-refractivity contribution in [3.05, 3.63) is 34.1 Å². The van der Waals surface area contributed by atoms with E-state index in [1.165, 1.54) is 6.07 Å². The van der Waals surface area contributed by atoms with E-state index in [2.05, 4.69) is 20.8 Å². The number of nitrogens with zero attached hydrogens (tertiary/aromatic N) is 2. The summed E-state index contributed by atoms with van der Waals surface area (Å²) in [5.41, 5.74) is 0.956. The van der Waals surface area contributed by atoms with E-state index in [9.17, 15) is 9.18 Å². The van der Waals surface area contributed by atoms with Crippen molar-refractivity contribution in [3.63, 3.8) is 0 Å². The second kappa shape index (κ2) is 8.04. The average Bonchev–Trinajstić information content (AvgIpc) is 2.69. The van der Waals surface area contributed by atoms with Gasteiger partial charge in [-0.2, -0.15) is 0 Å². The minimum atomic E-state index is -0.785. The molecule has 1 aliphatic heterocycles. The number of carbonyl (C=O) groups is 1. The first kappa shape index (κ1) is 17.4. The third-order valence-corrected chi connectivity index (χ3v) is 5.11. The minimum absolute atomic E-state index is 0.0834. The number of halogens is 2. The first-order valence-electron chi connectivity index (χ1n) is 7.54. The summed E-state index contributed by atoms with van der Waals surface area (Å²) in [6.07, 6.45) is 2.98. The number of aliphatic carboxylic acids is 1.